The third-order valence-electron chi connectivity index (χ3n) is 2.86. The molecule has 0 unspecified atom stereocenters. The summed E-state index contributed by atoms with van der Waals surface area (Å²) in [5.74, 6) is 0.231. The van der Waals surface area contributed by atoms with Crippen molar-refractivity contribution in [2.75, 3.05) is 5.75 Å². The van der Waals surface area contributed by atoms with Gasteiger partial charge in [0, 0.05) is 32.7 Å². The molecule has 0 spiro atoms. The number of thioether (sulfide) groups is 1. The maximum absolute atomic E-state index is 11.7. The summed E-state index contributed by atoms with van der Waals surface area (Å²) in [5.41, 5.74) is 2.71. The van der Waals surface area contributed by atoms with Crippen LogP contribution in [0.2, 0.25) is 15.1 Å². The van der Waals surface area contributed by atoms with Gasteiger partial charge >= 0.3 is 0 Å². The summed E-state index contributed by atoms with van der Waals surface area (Å²) in [6, 6.07) is 10.3. The Labute approximate surface area is 158 Å². The van der Waals surface area contributed by atoms with Crippen LogP contribution in [0.3, 0.4) is 0 Å². The fourth-order valence-corrected chi connectivity index (χ4v) is 3.19. The molecule has 2 aromatic carbocycles. The Balaban J connectivity index is 1.79. The van der Waals surface area contributed by atoms with Gasteiger partial charge in [-0.1, -0.05) is 34.8 Å². The Morgan fingerprint density at radius 1 is 1.17 bits per heavy atom. The van der Waals surface area contributed by atoms with Crippen LogP contribution >= 0.6 is 46.6 Å². The van der Waals surface area contributed by atoms with Crippen molar-refractivity contribution in [2.24, 2.45) is 5.10 Å². The Bertz CT molecular complexity index is 752. The summed E-state index contributed by atoms with van der Waals surface area (Å²) in [5, 5.41) is 14.7. The van der Waals surface area contributed by atoms with E-state index >= 15 is 0 Å². The first-order valence-corrected chi connectivity index (χ1v) is 8.96. The monoisotopic (exact) mass is 402 g/mol. The SMILES string of the molecule is O=C(CCSc1ccc(Cl)cc1)N/N=C\c1cc(Cl)cc(Cl)c1O. The average molecular weight is 404 g/mol. The molecule has 0 aliphatic heterocycles. The number of rotatable bonds is 6. The Morgan fingerprint density at radius 2 is 1.88 bits per heavy atom. The first-order valence-electron chi connectivity index (χ1n) is 6.84. The highest BCUT2D eigenvalue weighted by atomic mass is 35.5. The van der Waals surface area contributed by atoms with Crippen LogP contribution < -0.4 is 5.43 Å². The number of hydrogen-bond acceptors (Lipinski definition) is 4. The van der Waals surface area contributed by atoms with Crippen LogP contribution in [-0.4, -0.2) is 23.0 Å². The van der Waals surface area contributed by atoms with Crippen LogP contribution in [-0.2, 0) is 4.79 Å². The third kappa shape index (κ3) is 5.91. The standard InChI is InChI=1S/C16H13Cl3N2O2S/c17-11-1-3-13(4-2-11)24-6-5-15(22)21-20-9-10-7-12(18)8-14(19)16(10)23/h1-4,7-9,23H,5-6H2,(H,21,22)/b20-9-. The zero-order chi connectivity index (χ0) is 17.5. The number of carbonyl (C=O) groups excluding carboxylic acids is 1. The minimum absolute atomic E-state index is 0.120. The van der Waals surface area contributed by atoms with E-state index in [2.05, 4.69) is 10.5 Å². The lowest BCUT2D eigenvalue weighted by Crippen LogP contribution is -2.17. The number of phenolic OH excluding ortho intramolecular Hbond substituents is 1. The Kier molecular flexibility index (Phi) is 7.24. The number of benzene rings is 2. The summed E-state index contributed by atoms with van der Waals surface area (Å²) >= 11 is 19.0. The highest BCUT2D eigenvalue weighted by Gasteiger charge is 2.06. The van der Waals surface area contributed by atoms with Crippen LogP contribution in [0.5, 0.6) is 5.75 Å². The van der Waals surface area contributed by atoms with Crippen molar-refractivity contribution in [3.05, 3.63) is 57.0 Å². The minimum atomic E-state index is -0.236. The Morgan fingerprint density at radius 3 is 2.58 bits per heavy atom. The highest BCUT2D eigenvalue weighted by Crippen LogP contribution is 2.29. The first-order chi connectivity index (χ1) is 11.5. The number of aromatic hydroxyl groups is 1. The van der Waals surface area contributed by atoms with Crippen LogP contribution in [0.1, 0.15) is 12.0 Å². The second kappa shape index (κ2) is 9.18. The number of carbonyl (C=O) groups is 1. The van der Waals surface area contributed by atoms with Crippen LogP contribution in [0.4, 0.5) is 0 Å². The van der Waals surface area contributed by atoms with Crippen molar-refractivity contribution in [3.63, 3.8) is 0 Å². The van der Waals surface area contributed by atoms with Gasteiger partial charge in [0.05, 0.1) is 11.2 Å². The van der Waals surface area contributed by atoms with Gasteiger partial charge in [-0.3, -0.25) is 4.79 Å². The highest BCUT2D eigenvalue weighted by molar-refractivity contribution is 7.99. The molecule has 0 radical (unpaired) electrons. The molecule has 0 aliphatic carbocycles. The van der Waals surface area contributed by atoms with Crippen LogP contribution in [0.25, 0.3) is 0 Å². The molecular weight excluding hydrogens is 391 g/mol. The van der Waals surface area contributed by atoms with Crippen LogP contribution in [0, 0.1) is 0 Å². The average Bonchev–Trinajstić information content (AvgIpc) is 2.54. The minimum Gasteiger partial charge on any atom is -0.506 e. The normalized spacial score (nSPS) is 11.0. The zero-order valence-electron chi connectivity index (χ0n) is 12.3. The third-order valence-corrected chi connectivity index (χ3v) is 4.63. The largest absolute Gasteiger partial charge is 0.506 e. The molecule has 24 heavy (non-hydrogen) atoms. The van der Waals surface area contributed by atoms with Gasteiger partial charge in [0.25, 0.3) is 0 Å². The van der Waals surface area contributed by atoms with Crippen molar-refractivity contribution in [2.45, 2.75) is 11.3 Å². The van der Waals surface area contributed by atoms with E-state index in [1.165, 1.54) is 18.3 Å². The van der Waals surface area contributed by atoms with Crippen molar-refractivity contribution in [1.82, 2.24) is 5.43 Å². The van der Waals surface area contributed by atoms with Gasteiger partial charge in [-0.25, -0.2) is 5.43 Å². The van der Waals surface area contributed by atoms with E-state index in [0.717, 1.165) is 4.90 Å². The molecule has 0 saturated heterocycles. The first kappa shape index (κ1) is 18.9. The number of hydrazone groups is 1. The van der Waals surface area contributed by atoms with E-state index in [4.69, 9.17) is 34.8 Å². The van der Waals surface area contributed by atoms with Gasteiger partial charge in [0.1, 0.15) is 5.75 Å². The van der Waals surface area contributed by atoms with Gasteiger partial charge in [-0.2, -0.15) is 5.10 Å². The number of halogens is 3. The number of nitrogens with zero attached hydrogens (tertiary/aromatic N) is 1. The fourth-order valence-electron chi connectivity index (χ4n) is 1.71. The van der Waals surface area contributed by atoms with Gasteiger partial charge < -0.3 is 5.11 Å². The Hall–Kier alpha value is -1.40. The van der Waals surface area contributed by atoms with Crippen molar-refractivity contribution >= 4 is 58.7 Å². The summed E-state index contributed by atoms with van der Waals surface area (Å²) in [6.45, 7) is 0. The van der Waals surface area contributed by atoms with E-state index < -0.39 is 0 Å². The molecule has 2 N–H and O–H groups in total. The zero-order valence-corrected chi connectivity index (χ0v) is 15.4. The lowest BCUT2D eigenvalue weighted by Gasteiger charge is -2.03. The molecule has 4 nitrogen and oxygen atoms in total. The predicted octanol–water partition coefficient (Wildman–Crippen LogP) is 4.98. The quantitative estimate of drug-likeness (QED) is 0.406. The molecule has 8 heteroatoms. The molecule has 126 valence electrons. The van der Waals surface area contributed by atoms with Gasteiger partial charge in [-0.05, 0) is 36.4 Å². The van der Waals surface area contributed by atoms with Gasteiger partial charge in [-0.15, -0.1) is 11.8 Å². The summed E-state index contributed by atoms with van der Waals surface area (Å²) < 4.78 is 0. The molecule has 0 fully saturated rings. The second-order valence-electron chi connectivity index (χ2n) is 4.67. The lowest BCUT2D eigenvalue weighted by molar-refractivity contribution is -0.120. The topological polar surface area (TPSA) is 61.7 Å². The summed E-state index contributed by atoms with van der Waals surface area (Å²) in [4.78, 5) is 12.8. The molecule has 2 aromatic rings. The van der Waals surface area contributed by atoms with Gasteiger partial charge in [0.2, 0.25) is 5.91 Å². The van der Waals surface area contributed by atoms with Crippen molar-refractivity contribution < 1.29 is 9.90 Å². The fraction of sp³-hybridized carbons (Fsp3) is 0.125. The summed E-state index contributed by atoms with van der Waals surface area (Å²) in [6.07, 6.45) is 1.59. The lowest BCUT2D eigenvalue weighted by atomic mass is 10.2. The van der Waals surface area contributed by atoms with E-state index in [0.29, 0.717) is 27.8 Å². The molecule has 0 aliphatic rings. The molecule has 0 bridgehead atoms. The van der Waals surface area contributed by atoms with E-state index in [1.807, 2.05) is 12.1 Å². The molecule has 2 rings (SSSR count). The predicted molar refractivity (Wildman–Crippen MR) is 101 cm³/mol. The van der Waals surface area contributed by atoms with Gasteiger partial charge in [0.15, 0.2) is 0 Å². The molecule has 0 atom stereocenters. The van der Waals surface area contributed by atoms with E-state index in [-0.39, 0.29) is 16.7 Å². The van der Waals surface area contributed by atoms with E-state index in [9.17, 15) is 9.90 Å². The maximum Gasteiger partial charge on any atom is 0.240 e. The molecular formula is C16H13Cl3N2O2S. The summed E-state index contributed by atoms with van der Waals surface area (Å²) in [7, 11) is 0. The molecule has 0 heterocycles. The number of phenols is 1. The molecule has 0 saturated carbocycles. The van der Waals surface area contributed by atoms with Crippen molar-refractivity contribution in [1.29, 1.82) is 0 Å². The second-order valence-corrected chi connectivity index (χ2v) is 7.12. The number of hydrogen-bond donors (Lipinski definition) is 2. The number of nitrogens with one attached hydrogen (secondary N) is 1. The number of amides is 1. The van der Waals surface area contributed by atoms with E-state index in [1.54, 1.807) is 23.9 Å². The molecule has 1 amide bonds. The molecule has 0 aromatic heterocycles. The van der Waals surface area contributed by atoms with Crippen LogP contribution in [0.15, 0.2) is 46.4 Å². The van der Waals surface area contributed by atoms with Crippen molar-refractivity contribution in [3.8, 4) is 5.75 Å². The maximum atomic E-state index is 11.7. The smallest absolute Gasteiger partial charge is 0.240 e.